The van der Waals surface area contributed by atoms with Crippen molar-refractivity contribution in [3.8, 4) is 5.75 Å². The molecule has 0 aliphatic rings. The first-order valence-corrected chi connectivity index (χ1v) is 3.34. The summed E-state index contributed by atoms with van der Waals surface area (Å²) in [4.78, 5) is 13.8. The second-order valence-corrected chi connectivity index (χ2v) is 2.47. The molecule has 4 heteroatoms. The molecule has 0 aromatic carbocycles. The van der Waals surface area contributed by atoms with Gasteiger partial charge >= 0.3 is 0 Å². The monoisotopic (exact) mass is 201 g/mol. The van der Waals surface area contributed by atoms with Gasteiger partial charge in [-0.15, -0.1) is 0 Å². The number of hydrogen-bond acceptors (Lipinski definition) is 3. The van der Waals surface area contributed by atoms with Crippen LogP contribution in [0, 0.1) is 0 Å². The van der Waals surface area contributed by atoms with Crippen molar-refractivity contribution >= 4 is 22.2 Å². The molecule has 10 heavy (non-hydrogen) atoms. The smallest absolute Gasteiger partial charge is 0.172 e. The zero-order chi connectivity index (χ0) is 7.56. The van der Waals surface area contributed by atoms with Crippen LogP contribution in [0.2, 0.25) is 0 Å². The Bertz CT molecular complexity index is 262. The average Bonchev–Trinajstić information content (AvgIpc) is 1.94. The molecule has 1 rings (SSSR count). The summed E-state index contributed by atoms with van der Waals surface area (Å²) in [6.45, 7) is 0. The minimum atomic E-state index is -0.0989. The van der Waals surface area contributed by atoms with Crippen molar-refractivity contribution in [2.24, 2.45) is 0 Å². The number of nitrogens with zero attached hydrogens (tertiary/aromatic N) is 1. The Labute approximate surface area is 65.8 Å². The molecule has 1 heterocycles. The normalized spacial score (nSPS) is 9.30. The topological polar surface area (TPSA) is 50.2 Å². The number of aromatic nitrogens is 1. The van der Waals surface area contributed by atoms with Gasteiger partial charge in [0.25, 0.3) is 0 Å². The van der Waals surface area contributed by atoms with E-state index in [1.54, 1.807) is 6.07 Å². The number of hydrogen-bond donors (Lipinski definition) is 1. The maximum Gasteiger partial charge on any atom is 0.172 e. The van der Waals surface area contributed by atoms with Crippen molar-refractivity contribution in [1.29, 1.82) is 0 Å². The Hall–Kier alpha value is -0.900. The molecule has 1 aromatic heterocycles. The van der Waals surface area contributed by atoms with Gasteiger partial charge in [0.05, 0.1) is 0 Å². The highest BCUT2D eigenvalue weighted by atomic mass is 79.9. The zero-order valence-corrected chi connectivity index (χ0v) is 6.50. The predicted octanol–water partition coefficient (Wildman–Crippen LogP) is 1.36. The van der Waals surface area contributed by atoms with Gasteiger partial charge in [0.1, 0.15) is 16.0 Å². The average molecular weight is 202 g/mol. The first kappa shape index (κ1) is 7.21. The molecule has 0 saturated carbocycles. The Morgan fingerprint density at radius 2 is 2.30 bits per heavy atom. The van der Waals surface area contributed by atoms with Crippen LogP contribution in [-0.2, 0) is 0 Å². The van der Waals surface area contributed by atoms with Crippen molar-refractivity contribution in [2.45, 2.75) is 0 Å². The summed E-state index contributed by atoms with van der Waals surface area (Å²) >= 11 is 3.06. The maximum atomic E-state index is 10.1. The molecule has 0 spiro atoms. The summed E-state index contributed by atoms with van der Waals surface area (Å²) in [6.07, 6.45) is 0.500. The van der Waals surface area contributed by atoms with E-state index in [0.717, 1.165) is 0 Å². The largest absolute Gasteiger partial charge is 0.506 e. The summed E-state index contributed by atoms with van der Waals surface area (Å²) in [7, 11) is 0. The summed E-state index contributed by atoms with van der Waals surface area (Å²) in [5.41, 5.74) is 0.0503. The van der Waals surface area contributed by atoms with Crippen LogP contribution in [0.5, 0.6) is 5.75 Å². The number of carbonyl (C=O) groups excluding carboxylic acids is 1. The van der Waals surface area contributed by atoms with E-state index in [1.165, 1.54) is 6.07 Å². The van der Waals surface area contributed by atoms with Gasteiger partial charge < -0.3 is 5.11 Å². The Morgan fingerprint density at radius 3 is 2.80 bits per heavy atom. The molecular weight excluding hydrogens is 198 g/mol. The minimum Gasteiger partial charge on any atom is -0.506 e. The lowest BCUT2D eigenvalue weighted by Crippen LogP contribution is -1.86. The Kier molecular flexibility index (Phi) is 2.01. The van der Waals surface area contributed by atoms with Crippen LogP contribution < -0.4 is 0 Å². The lowest BCUT2D eigenvalue weighted by atomic mass is 10.3. The number of aldehydes is 1. The highest BCUT2D eigenvalue weighted by Crippen LogP contribution is 2.15. The van der Waals surface area contributed by atoms with Crippen molar-refractivity contribution in [3.05, 3.63) is 22.4 Å². The molecule has 1 aromatic rings. The Morgan fingerprint density at radius 1 is 1.60 bits per heavy atom. The fraction of sp³-hybridized carbons (Fsp3) is 0. The van der Waals surface area contributed by atoms with Crippen molar-refractivity contribution in [1.82, 2.24) is 4.98 Å². The minimum absolute atomic E-state index is 0.0503. The molecule has 0 fully saturated rings. The van der Waals surface area contributed by atoms with Crippen LogP contribution in [0.25, 0.3) is 0 Å². The molecule has 1 N–H and O–H groups in total. The third-order valence-corrected chi connectivity index (χ3v) is 1.42. The van der Waals surface area contributed by atoms with Gasteiger partial charge in [0.2, 0.25) is 0 Å². The number of halogens is 1. The van der Waals surface area contributed by atoms with Gasteiger partial charge in [0.15, 0.2) is 6.29 Å². The summed E-state index contributed by atoms with van der Waals surface area (Å²) in [6, 6.07) is 2.96. The number of aromatic hydroxyl groups is 1. The molecule has 0 atom stereocenters. The van der Waals surface area contributed by atoms with E-state index in [9.17, 15) is 4.79 Å². The van der Waals surface area contributed by atoms with Crippen molar-refractivity contribution < 1.29 is 9.90 Å². The summed E-state index contributed by atoms with van der Waals surface area (Å²) < 4.78 is 0.535. The molecule has 0 saturated heterocycles. The van der Waals surface area contributed by atoms with E-state index < -0.39 is 0 Å². The van der Waals surface area contributed by atoms with Gasteiger partial charge in [-0.1, -0.05) is 0 Å². The molecule has 52 valence electrons. The van der Waals surface area contributed by atoms with E-state index >= 15 is 0 Å². The number of rotatable bonds is 1. The van der Waals surface area contributed by atoms with Gasteiger partial charge in [-0.05, 0) is 28.1 Å². The molecule has 0 aliphatic carbocycles. The fourth-order valence-corrected chi connectivity index (χ4v) is 0.853. The first-order valence-electron chi connectivity index (χ1n) is 2.54. The quantitative estimate of drug-likeness (QED) is 0.552. The lowest BCUT2D eigenvalue weighted by molar-refractivity contribution is 0.111. The van der Waals surface area contributed by atoms with Gasteiger partial charge in [-0.25, -0.2) is 4.98 Å². The molecule has 0 unspecified atom stereocenters. The third-order valence-electron chi connectivity index (χ3n) is 0.980. The van der Waals surface area contributed by atoms with Crippen LogP contribution in [-0.4, -0.2) is 16.4 Å². The van der Waals surface area contributed by atoms with Gasteiger partial charge in [0, 0.05) is 0 Å². The van der Waals surface area contributed by atoms with Gasteiger partial charge in [-0.2, -0.15) is 0 Å². The van der Waals surface area contributed by atoms with Crippen molar-refractivity contribution in [3.63, 3.8) is 0 Å². The second-order valence-electron chi connectivity index (χ2n) is 1.66. The van der Waals surface area contributed by atoms with E-state index in [-0.39, 0.29) is 11.4 Å². The first-order chi connectivity index (χ1) is 4.74. The highest BCUT2D eigenvalue weighted by Gasteiger charge is 1.99. The lowest BCUT2D eigenvalue weighted by Gasteiger charge is -1.94. The number of pyridine rings is 1. The van der Waals surface area contributed by atoms with Crippen LogP contribution >= 0.6 is 15.9 Å². The maximum absolute atomic E-state index is 10.1. The number of carbonyl (C=O) groups is 1. The van der Waals surface area contributed by atoms with Crippen LogP contribution in [0.1, 0.15) is 10.5 Å². The fourth-order valence-electron chi connectivity index (χ4n) is 0.529. The Balaban J connectivity index is 3.21. The molecule has 0 aliphatic heterocycles. The third kappa shape index (κ3) is 1.33. The van der Waals surface area contributed by atoms with Crippen LogP contribution in [0.4, 0.5) is 0 Å². The summed E-state index contributed by atoms with van der Waals surface area (Å²) in [5, 5.41) is 8.92. The van der Waals surface area contributed by atoms with Gasteiger partial charge in [-0.3, -0.25) is 4.79 Å². The summed E-state index contributed by atoms with van der Waals surface area (Å²) in [5.74, 6) is -0.0989. The SMILES string of the molecule is O=Cc1nc(Br)ccc1O. The zero-order valence-electron chi connectivity index (χ0n) is 4.91. The van der Waals surface area contributed by atoms with E-state index in [1.807, 2.05) is 0 Å². The van der Waals surface area contributed by atoms with Crippen LogP contribution in [0.3, 0.4) is 0 Å². The van der Waals surface area contributed by atoms with Crippen LogP contribution in [0.15, 0.2) is 16.7 Å². The van der Waals surface area contributed by atoms with E-state index in [4.69, 9.17) is 5.11 Å². The molecular formula is C6H4BrNO2. The van der Waals surface area contributed by atoms with Crippen molar-refractivity contribution in [2.75, 3.05) is 0 Å². The van der Waals surface area contributed by atoms with E-state index in [0.29, 0.717) is 10.9 Å². The van der Waals surface area contributed by atoms with E-state index in [2.05, 4.69) is 20.9 Å². The molecule has 0 amide bonds. The molecule has 0 radical (unpaired) electrons. The molecule has 3 nitrogen and oxygen atoms in total. The second kappa shape index (κ2) is 2.79. The predicted molar refractivity (Wildman–Crippen MR) is 39.0 cm³/mol. The highest BCUT2D eigenvalue weighted by molar-refractivity contribution is 9.10. The standard InChI is InChI=1S/C6H4BrNO2/c7-6-2-1-5(10)4(3-9)8-6/h1-3,10H. The molecule has 0 bridgehead atoms.